The Hall–Kier alpha value is -1.02. The molecule has 3 rings (SSSR count). The molecule has 1 unspecified atom stereocenters. The zero-order valence-electron chi connectivity index (χ0n) is 10.1. The first kappa shape index (κ1) is 10.2. The van der Waals surface area contributed by atoms with Crippen molar-refractivity contribution in [3.05, 3.63) is 28.8 Å². The van der Waals surface area contributed by atoms with E-state index in [-0.39, 0.29) is 5.54 Å². The highest BCUT2D eigenvalue weighted by molar-refractivity contribution is 5.50. The fourth-order valence-corrected chi connectivity index (χ4v) is 3.27. The van der Waals surface area contributed by atoms with Gasteiger partial charge in [-0.2, -0.15) is 0 Å². The van der Waals surface area contributed by atoms with E-state index in [1.807, 2.05) is 0 Å². The highest BCUT2D eigenvalue weighted by Gasteiger charge is 2.35. The van der Waals surface area contributed by atoms with Crippen LogP contribution in [-0.2, 0) is 12.0 Å². The molecule has 1 fully saturated rings. The van der Waals surface area contributed by atoms with Crippen LogP contribution < -0.4 is 10.1 Å². The van der Waals surface area contributed by atoms with Gasteiger partial charge in [-0.15, -0.1) is 0 Å². The lowest BCUT2D eigenvalue weighted by Crippen LogP contribution is -2.34. The first-order chi connectivity index (χ1) is 7.71. The van der Waals surface area contributed by atoms with Crippen molar-refractivity contribution in [3.63, 3.8) is 0 Å². The topological polar surface area (TPSA) is 21.3 Å². The van der Waals surface area contributed by atoms with Gasteiger partial charge in [0.05, 0.1) is 6.61 Å². The summed E-state index contributed by atoms with van der Waals surface area (Å²) < 4.78 is 5.67. The molecule has 2 aliphatic heterocycles. The fourth-order valence-electron chi connectivity index (χ4n) is 3.27. The summed E-state index contributed by atoms with van der Waals surface area (Å²) >= 11 is 0. The minimum absolute atomic E-state index is 0.170. The van der Waals surface area contributed by atoms with Gasteiger partial charge < -0.3 is 10.1 Å². The number of nitrogens with one attached hydrogen (secondary N) is 1. The molecule has 0 spiro atoms. The molecule has 86 valence electrons. The molecular weight excluding hydrogens is 198 g/mol. The number of ether oxygens (including phenoxy) is 1. The van der Waals surface area contributed by atoms with Crippen LogP contribution in [0.5, 0.6) is 5.75 Å². The fraction of sp³-hybridized carbons (Fsp3) is 0.571. The second kappa shape index (κ2) is 3.49. The third kappa shape index (κ3) is 1.36. The Balaban J connectivity index is 2.15. The normalized spacial score (nSPS) is 27.9. The van der Waals surface area contributed by atoms with Gasteiger partial charge in [-0.05, 0) is 50.4 Å². The Bertz CT molecular complexity index is 419. The lowest BCUT2D eigenvalue weighted by Gasteiger charge is -2.29. The highest BCUT2D eigenvalue weighted by Crippen LogP contribution is 2.40. The first-order valence-electron chi connectivity index (χ1n) is 6.21. The monoisotopic (exact) mass is 217 g/mol. The largest absolute Gasteiger partial charge is 0.493 e. The van der Waals surface area contributed by atoms with Crippen LogP contribution in [0.1, 0.15) is 36.5 Å². The molecule has 0 aromatic heterocycles. The first-order valence-corrected chi connectivity index (χ1v) is 6.21. The molecule has 0 saturated carbocycles. The molecule has 0 amide bonds. The van der Waals surface area contributed by atoms with Crippen molar-refractivity contribution < 1.29 is 4.74 Å². The van der Waals surface area contributed by atoms with Gasteiger partial charge in [-0.25, -0.2) is 0 Å². The molecule has 2 aliphatic rings. The number of aryl methyl sites for hydroxylation is 1. The van der Waals surface area contributed by atoms with E-state index in [4.69, 9.17) is 4.74 Å². The highest BCUT2D eigenvalue weighted by atomic mass is 16.5. The molecule has 1 aromatic rings. The van der Waals surface area contributed by atoms with Gasteiger partial charge in [-0.3, -0.25) is 0 Å². The Morgan fingerprint density at radius 1 is 1.38 bits per heavy atom. The number of fused-ring (bicyclic) bond motifs is 1. The molecule has 2 heteroatoms. The Morgan fingerprint density at radius 2 is 2.25 bits per heavy atom. The standard InChI is InChI=1S/C14H19NO/c1-10-4-5-12-11(6-9-16-12)13(10)14(2)7-3-8-15-14/h4-5,15H,3,6-9H2,1-2H3. The maximum Gasteiger partial charge on any atom is 0.122 e. The molecule has 16 heavy (non-hydrogen) atoms. The molecule has 1 saturated heterocycles. The molecule has 2 heterocycles. The summed E-state index contributed by atoms with van der Waals surface area (Å²) in [6.07, 6.45) is 3.59. The SMILES string of the molecule is Cc1ccc2c(c1C1(C)CCCN1)CCO2. The van der Waals surface area contributed by atoms with Gasteiger partial charge >= 0.3 is 0 Å². The maximum atomic E-state index is 5.67. The van der Waals surface area contributed by atoms with E-state index in [9.17, 15) is 0 Å². The summed E-state index contributed by atoms with van der Waals surface area (Å²) in [4.78, 5) is 0. The summed E-state index contributed by atoms with van der Waals surface area (Å²) in [5.74, 6) is 1.11. The third-order valence-electron chi connectivity index (χ3n) is 4.01. The second-order valence-corrected chi connectivity index (χ2v) is 5.20. The van der Waals surface area contributed by atoms with E-state index in [1.165, 1.54) is 29.5 Å². The molecule has 0 aliphatic carbocycles. The summed E-state index contributed by atoms with van der Waals surface area (Å²) in [5.41, 5.74) is 4.52. The smallest absolute Gasteiger partial charge is 0.122 e. The van der Waals surface area contributed by atoms with Crippen molar-refractivity contribution in [1.82, 2.24) is 5.32 Å². The minimum atomic E-state index is 0.170. The van der Waals surface area contributed by atoms with E-state index in [0.717, 1.165) is 25.3 Å². The van der Waals surface area contributed by atoms with Gasteiger partial charge in [0.15, 0.2) is 0 Å². The second-order valence-electron chi connectivity index (χ2n) is 5.20. The zero-order chi connectivity index (χ0) is 11.2. The van der Waals surface area contributed by atoms with Crippen molar-refractivity contribution in [2.24, 2.45) is 0 Å². The molecule has 1 aromatic carbocycles. The van der Waals surface area contributed by atoms with Crippen LogP contribution in [0.2, 0.25) is 0 Å². The van der Waals surface area contributed by atoms with Crippen molar-refractivity contribution >= 4 is 0 Å². The maximum absolute atomic E-state index is 5.67. The molecule has 1 N–H and O–H groups in total. The Labute approximate surface area is 97.0 Å². The van der Waals surface area contributed by atoms with Crippen molar-refractivity contribution in [2.45, 2.75) is 38.6 Å². The van der Waals surface area contributed by atoms with Crippen LogP contribution in [0.4, 0.5) is 0 Å². The molecular formula is C14H19NO. The quantitative estimate of drug-likeness (QED) is 0.780. The number of hydrogen-bond acceptors (Lipinski definition) is 2. The number of benzene rings is 1. The van der Waals surface area contributed by atoms with Crippen molar-refractivity contribution in [3.8, 4) is 5.75 Å². The number of hydrogen-bond donors (Lipinski definition) is 1. The molecule has 2 nitrogen and oxygen atoms in total. The van der Waals surface area contributed by atoms with E-state index in [1.54, 1.807) is 0 Å². The van der Waals surface area contributed by atoms with Crippen LogP contribution in [-0.4, -0.2) is 13.2 Å². The average Bonchev–Trinajstić information content (AvgIpc) is 2.86. The predicted molar refractivity (Wildman–Crippen MR) is 65.0 cm³/mol. The van der Waals surface area contributed by atoms with Crippen LogP contribution in [0.15, 0.2) is 12.1 Å². The lowest BCUT2D eigenvalue weighted by atomic mass is 9.83. The van der Waals surface area contributed by atoms with Gasteiger partial charge in [0, 0.05) is 17.5 Å². The van der Waals surface area contributed by atoms with Gasteiger partial charge in [0.2, 0.25) is 0 Å². The Kier molecular flexibility index (Phi) is 2.21. The zero-order valence-corrected chi connectivity index (χ0v) is 10.1. The van der Waals surface area contributed by atoms with Gasteiger partial charge in [0.1, 0.15) is 5.75 Å². The van der Waals surface area contributed by atoms with Crippen molar-refractivity contribution in [2.75, 3.05) is 13.2 Å². The molecule has 0 radical (unpaired) electrons. The summed E-state index contributed by atoms with van der Waals surface area (Å²) in [6, 6.07) is 4.32. The van der Waals surface area contributed by atoms with Gasteiger partial charge in [0.25, 0.3) is 0 Å². The third-order valence-corrected chi connectivity index (χ3v) is 4.01. The average molecular weight is 217 g/mol. The summed E-state index contributed by atoms with van der Waals surface area (Å²) in [6.45, 7) is 6.54. The van der Waals surface area contributed by atoms with E-state index in [2.05, 4.69) is 31.3 Å². The van der Waals surface area contributed by atoms with Crippen LogP contribution >= 0.6 is 0 Å². The predicted octanol–water partition coefficient (Wildman–Crippen LogP) is 2.53. The van der Waals surface area contributed by atoms with Crippen LogP contribution in [0, 0.1) is 6.92 Å². The van der Waals surface area contributed by atoms with Gasteiger partial charge in [-0.1, -0.05) is 6.07 Å². The summed E-state index contributed by atoms with van der Waals surface area (Å²) in [5, 5.41) is 3.66. The van der Waals surface area contributed by atoms with Crippen LogP contribution in [0.25, 0.3) is 0 Å². The molecule has 1 atom stereocenters. The van der Waals surface area contributed by atoms with E-state index >= 15 is 0 Å². The Morgan fingerprint density at radius 3 is 3.00 bits per heavy atom. The minimum Gasteiger partial charge on any atom is -0.493 e. The molecule has 0 bridgehead atoms. The van der Waals surface area contributed by atoms with Crippen molar-refractivity contribution in [1.29, 1.82) is 0 Å². The number of rotatable bonds is 1. The lowest BCUT2D eigenvalue weighted by molar-refractivity contribution is 0.356. The summed E-state index contributed by atoms with van der Waals surface area (Å²) in [7, 11) is 0. The van der Waals surface area contributed by atoms with E-state index in [0.29, 0.717) is 0 Å². The van der Waals surface area contributed by atoms with E-state index < -0.39 is 0 Å². The van der Waals surface area contributed by atoms with Crippen LogP contribution in [0.3, 0.4) is 0 Å².